The summed E-state index contributed by atoms with van der Waals surface area (Å²) in [6.45, 7) is 0. The van der Waals surface area contributed by atoms with Gasteiger partial charge in [-0.3, -0.25) is 9.36 Å². The van der Waals surface area contributed by atoms with Gasteiger partial charge in [-0.1, -0.05) is 35.6 Å². The normalized spacial score (nSPS) is 12.8. The van der Waals surface area contributed by atoms with Gasteiger partial charge in [-0.15, -0.1) is 21.5 Å². The van der Waals surface area contributed by atoms with Gasteiger partial charge in [0.2, 0.25) is 5.13 Å². The van der Waals surface area contributed by atoms with Gasteiger partial charge in [0.25, 0.3) is 5.56 Å². The molecule has 0 bridgehead atoms. The molecular formula is C19H13N5OS2. The highest BCUT2D eigenvalue weighted by Crippen LogP contribution is 2.37. The van der Waals surface area contributed by atoms with Gasteiger partial charge in [-0.2, -0.15) is 0 Å². The predicted octanol–water partition coefficient (Wildman–Crippen LogP) is 3.38. The summed E-state index contributed by atoms with van der Waals surface area (Å²) < 4.78 is 1.56. The van der Waals surface area contributed by atoms with Crippen molar-refractivity contribution in [1.82, 2.24) is 19.7 Å². The molecular weight excluding hydrogens is 378 g/mol. The SMILES string of the molecule is Nc1nnc(-c2ccc3c(c2)C(c2csc(-n4ccccc4=O)n2)=CC3)s1. The van der Waals surface area contributed by atoms with E-state index in [-0.39, 0.29) is 5.56 Å². The fourth-order valence-corrected chi connectivity index (χ4v) is 4.56. The number of aromatic nitrogens is 4. The maximum Gasteiger partial charge on any atom is 0.256 e. The van der Waals surface area contributed by atoms with Gasteiger partial charge in [0.15, 0.2) is 5.13 Å². The Morgan fingerprint density at radius 2 is 2.07 bits per heavy atom. The second-order valence-electron chi connectivity index (χ2n) is 6.06. The maximum atomic E-state index is 12.0. The summed E-state index contributed by atoms with van der Waals surface area (Å²) in [6.07, 6.45) is 4.77. The first-order valence-corrected chi connectivity index (χ1v) is 9.95. The molecule has 0 saturated heterocycles. The molecule has 4 aromatic rings. The van der Waals surface area contributed by atoms with Crippen LogP contribution in [-0.2, 0) is 6.42 Å². The van der Waals surface area contributed by atoms with Crippen LogP contribution in [0.3, 0.4) is 0 Å². The van der Waals surface area contributed by atoms with Gasteiger partial charge in [-0.25, -0.2) is 4.98 Å². The lowest BCUT2D eigenvalue weighted by molar-refractivity contribution is 0.969. The predicted molar refractivity (Wildman–Crippen MR) is 108 cm³/mol. The number of anilines is 1. The molecule has 2 N–H and O–H groups in total. The second-order valence-corrected chi connectivity index (χ2v) is 7.91. The summed E-state index contributed by atoms with van der Waals surface area (Å²) in [5, 5.41) is 11.9. The number of benzene rings is 1. The molecule has 3 heterocycles. The Morgan fingerprint density at radius 3 is 2.89 bits per heavy atom. The molecule has 0 fully saturated rings. The first-order valence-electron chi connectivity index (χ1n) is 8.26. The van der Waals surface area contributed by atoms with Gasteiger partial charge in [-0.05, 0) is 29.7 Å². The van der Waals surface area contributed by atoms with Crippen molar-refractivity contribution in [2.45, 2.75) is 6.42 Å². The average Bonchev–Trinajstić information content (AvgIpc) is 3.40. The van der Waals surface area contributed by atoms with Crippen molar-refractivity contribution in [3.63, 3.8) is 0 Å². The number of nitrogen functional groups attached to an aromatic ring is 1. The zero-order valence-corrected chi connectivity index (χ0v) is 15.6. The van der Waals surface area contributed by atoms with Crippen LogP contribution in [0.2, 0.25) is 0 Å². The molecule has 132 valence electrons. The first kappa shape index (κ1) is 16.1. The number of allylic oxidation sites excluding steroid dienone is 1. The topological polar surface area (TPSA) is 86.7 Å². The third-order valence-corrected chi connectivity index (χ3v) is 6.05. The van der Waals surface area contributed by atoms with E-state index in [1.165, 1.54) is 34.3 Å². The number of rotatable bonds is 3. The molecule has 0 aliphatic heterocycles. The molecule has 0 radical (unpaired) electrons. The highest BCUT2D eigenvalue weighted by Gasteiger charge is 2.20. The Labute approximate surface area is 162 Å². The van der Waals surface area contributed by atoms with Gasteiger partial charge in [0.05, 0.1) is 5.69 Å². The van der Waals surface area contributed by atoms with Crippen LogP contribution in [0.25, 0.3) is 21.3 Å². The van der Waals surface area contributed by atoms with Crippen molar-refractivity contribution in [2.24, 2.45) is 0 Å². The van der Waals surface area contributed by atoms with E-state index in [0.29, 0.717) is 10.3 Å². The van der Waals surface area contributed by atoms with Gasteiger partial charge in [0, 0.05) is 28.8 Å². The van der Waals surface area contributed by atoms with Crippen LogP contribution in [-0.4, -0.2) is 19.7 Å². The number of hydrogen-bond donors (Lipinski definition) is 1. The van der Waals surface area contributed by atoms with Crippen molar-refractivity contribution in [1.29, 1.82) is 0 Å². The molecule has 1 aromatic carbocycles. The van der Waals surface area contributed by atoms with Crippen LogP contribution >= 0.6 is 22.7 Å². The first-order chi connectivity index (χ1) is 13.2. The second kappa shape index (κ2) is 6.26. The molecule has 5 rings (SSSR count). The number of nitrogens with two attached hydrogens (primary N) is 1. The van der Waals surface area contributed by atoms with Crippen LogP contribution in [0.5, 0.6) is 0 Å². The largest absolute Gasteiger partial charge is 0.374 e. The standard InChI is InChI=1S/C19H13N5OS2/c20-18-23-22-17(27-18)12-5-4-11-6-7-13(14(11)9-12)15-10-26-19(21-15)24-8-2-1-3-16(24)25/h1-5,7-10H,6H2,(H2,20,23). The summed E-state index contributed by atoms with van der Waals surface area (Å²) in [7, 11) is 0. The van der Waals surface area contributed by atoms with E-state index in [2.05, 4.69) is 28.4 Å². The van der Waals surface area contributed by atoms with Crippen LogP contribution in [0.1, 0.15) is 16.8 Å². The van der Waals surface area contributed by atoms with E-state index in [4.69, 9.17) is 10.7 Å². The van der Waals surface area contributed by atoms with Crippen LogP contribution in [0.4, 0.5) is 5.13 Å². The highest BCUT2D eigenvalue weighted by molar-refractivity contribution is 7.18. The van der Waals surface area contributed by atoms with E-state index < -0.39 is 0 Å². The lowest BCUT2D eigenvalue weighted by Crippen LogP contribution is -2.15. The van der Waals surface area contributed by atoms with E-state index in [0.717, 1.165) is 33.8 Å². The van der Waals surface area contributed by atoms with Gasteiger partial charge >= 0.3 is 0 Å². The molecule has 1 aliphatic rings. The van der Waals surface area contributed by atoms with Gasteiger partial charge in [0.1, 0.15) is 5.01 Å². The Hall–Kier alpha value is -3.10. The third-order valence-electron chi connectivity index (χ3n) is 4.41. The van der Waals surface area contributed by atoms with E-state index in [1.807, 2.05) is 17.5 Å². The molecule has 0 amide bonds. The minimum atomic E-state index is -0.0876. The molecule has 0 spiro atoms. The maximum absolute atomic E-state index is 12.0. The zero-order chi connectivity index (χ0) is 18.4. The number of hydrogen-bond acceptors (Lipinski definition) is 7. The van der Waals surface area contributed by atoms with E-state index >= 15 is 0 Å². The van der Waals surface area contributed by atoms with Crippen LogP contribution in [0.15, 0.2) is 58.8 Å². The number of nitrogens with zero attached hydrogens (tertiary/aromatic N) is 4. The smallest absolute Gasteiger partial charge is 0.256 e. The Kier molecular flexibility index (Phi) is 3.73. The van der Waals surface area contributed by atoms with Crippen molar-refractivity contribution in [3.05, 3.63) is 81.2 Å². The average molecular weight is 391 g/mol. The summed E-state index contributed by atoms with van der Waals surface area (Å²) in [5.41, 5.74) is 11.0. The fraction of sp³-hybridized carbons (Fsp3) is 0.0526. The number of pyridine rings is 1. The summed E-state index contributed by atoms with van der Waals surface area (Å²) >= 11 is 2.83. The molecule has 0 saturated carbocycles. The minimum Gasteiger partial charge on any atom is -0.374 e. The Bertz CT molecular complexity index is 1250. The summed E-state index contributed by atoms with van der Waals surface area (Å²) in [5.74, 6) is 0. The summed E-state index contributed by atoms with van der Waals surface area (Å²) in [6, 6.07) is 11.4. The van der Waals surface area contributed by atoms with Crippen molar-refractivity contribution in [2.75, 3.05) is 5.73 Å². The molecule has 27 heavy (non-hydrogen) atoms. The molecule has 0 atom stereocenters. The Balaban J connectivity index is 1.54. The molecule has 8 heteroatoms. The van der Waals surface area contributed by atoms with Crippen molar-refractivity contribution >= 4 is 33.4 Å². The number of thiazole rings is 1. The van der Waals surface area contributed by atoms with Crippen molar-refractivity contribution in [3.8, 4) is 15.7 Å². The Morgan fingerprint density at radius 1 is 1.15 bits per heavy atom. The van der Waals surface area contributed by atoms with Gasteiger partial charge < -0.3 is 5.73 Å². The van der Waals surface area contributed by atoms with E-state index in [9.17, 15) is 4.79 Å². The highest BCUT2D eigenvalue weighted by atomic mass is 32.1. The van der Waals surface area contributed by atoms with E-state index in [1.54, 1.807) is 16.8 Å². The minimum absolute atomic E-state index is 0.0876. The lowest BCUT2D eigenvalue weighted by Gasteiger charge is -2.06. The monoisotopic (exact) mass is 391 g/mol. The molecule has 6 nitrogen and oxygen atoms in total. The summed E-state index contributed by atoms with van der Waals surface area (Å²) in [4.78, 5) is 16.7. The quantitative estimate of drug-likeness (QED) is 0.578. The van der Waals surface area contributed by atoms with Crippen LogP contribution < -0.4 is 11.3 Å². The van der Waals surface area contributed by atoms with Crippen molar-refractivity contribution < 1.29 is 0 Å². The third kappa shape index (κ3) is 2.79. The molecule has 3 aromatic heterocycles. The fourth-order valence-electron chi connectivity index (χ4n) is 3.14. The van der Waals surface area contributed by atoms with Crippen LogP contribution in [0, 0.1) is 0 Å². The molecule has 0 unspecified atom stereocenters. The number of fused-ring (bicyclic) bond motifs is 1. The zero-order valence-electron chi connectivity index (χ0n) is 14.0. The molecule has 1 aliphatic carbocycles. The lowest BCUT2D eigenvalue weighted by atomic mass is 10.0.